The van der Waals surface area contributed by atoms with E-state index in [1.54, 1.807) is 0 Å². The molecular formula is C6H9N2O3Po. The van der Waals surface area contributed by atoms with Crippen molar-refractivity contribution in [3.63, 3.8) is 0 Å². The summed E-state index contributed by atoms with van der Waals surface area (Å²) in [5.41, 5.74) is 0. The summed E-state index contributed by atoms with van der Waals surface area (Å²) in [5, 5.41) is 12.5. The molecule has 5 nitrogen and oxygen atoms in total. The van der Waals surface area contributed by atoms with E-state index < -0.39 is 6.29 Å². The van der Waals surface area contributed by atoms with Crippen molar-refractivity contribution in [3.8, 4) is 0 Å². The molecule has 0 amide bonds. The first-order valence-electron chi connectivity index (χ1n) is 3.46. The van der Waals surface area contributed by atoms with E-state index in [1.165, 1.54) is 31.4 Å². The summed E-state index contributed by atoms with van der Waals surface area (Å²) < 4.78 is 10.4. The number of aliphatic hydroxyl groups is 1. The first-order valence-corrected chi connectivity index (χ1v) is 5.70. The molecule has 0 aliphatic rings. The van der Waals surface area contributed by atoms with E-state index in [2.05, 4.69) is 10.1 Å². The van der Waals surface area contributed by atoms with Gasteiger partial charge in [-0.15, -0.1) is 0 Å². The Bertz CT molecular complexity index is 205. The topological polar surface area (TPSA) is 68.4 Å². The molecule has 0 bridgehead atoms. The zero-order valence-electron chi connectivity index (χ0n) is 6.34. The van der Waals surface area contributed by atoms with Crippen LogP contribution in [0.4, 0.5) is 0 Å². The van der Waals surface area contributed by atoms with Gasteiger partial charge in [0.1, 0.15) is 0 Å². The van der Waals surface area contributed by atoms with Crippen LogP contribution < -0.4 is 0 Å². The Balaban J connectivity index is 2.11. The zero-order valence-corrected chi connectivity index (χ0v) is 9.52. The van der Waals surface area contributed by atoms with Crippen LogP contribution in [0.1, 0.15) is 5.89 Å². The molecule has 1 radical (unpaired) electrons. The van der Waals surface area contributed by atoms with Gasteiger partial charge in [0, 0.05) is 0 Å². The zero-order chi connectivity index (χ0) is 8.81. The molecule has 1 unspecified atom stereocenters. The van der Waals surface area contributed by atoms with Crippen molar-refractivity contribution in [2.24, 2.45) is 0 Å². The molecule has 1 heterocycles. The third-order valence-corrected chi connectivity index (χ3v) is 2.28. The van der Waals surface area contributed by atoms with Gasteiger partial charge >= 0.3 is 85.2 Å². The molecule has 6 heteroatoms. The van der Waals surface area contributed by atoms with Crippen molar-refractivity contribution in [2.75, 3.05) is 6.61 Å². The van der Waals surface area contributed by atoms with Crippen molar-refractivity contribution in [1.29, 1.82) is 0 Å². The van der Waals surface area contributed by atoms with E-state index in [-0.39, 0.29) is 0 Å². The fourth-order valence-corrected chi connectivity index (χ4v) is 1.01. The van der Waals surface area contributed by atoms with Crippen LogP contribution in [0.5, 0.6) is 0 Å². The normalized spacial score (nSPS) is 13.2. The molecule has 1 aromatic heterocycles. The minimum atomic E-state index is -0.650. The second-order valence-electron chi connectivity index (χ2n) is 2.08. The number of aliphatic hydroxyl groups excluding tert-OH is 1. The molecule has 1 N–H and O–H groups in total. The Morgan fingerprint density at radius 1 is 1.75 bits per heavy atom. The van der Waals surface area contributed by atoms with Gasteiger partial charge in [-0.05, 0) is 0 Å². The molecule has 67 valence electrons. The first kappa shape index (κ1) is 10.0. The number of ether oxygens (including phenoxy) is 1. The van der Waals surface area contributed by atoms with Gasteiger partial charge in [-0.2, -0.15) is 0 Å². The van der Waals surface area contributed by atoms with E-state index in [4.69, 9.17) is 14.4 Å². The molecule has 0 aromatic carbocycles. The molecule has 1 aromatic rings. The molecule has 0 saturated carbocycles. The number of rotatable bonds is 5. The molecule has 0 aliphatic heterocycles. The van der Waals surface area contributed by atoms with Gasteiger partial charge in [-0.25, -0.2) is 0 Å². The van der Waals surface area contributed by atoms with Gasteiger partial charge in [0.2, 0.25) is 0 Å². The van der Waals surface area contributed by atoms with Crippen molar-refractivity contribution in [1.82, 2.24) is 10.1 Å². The van der Waals surface area contributed by atoms with Gasteiger partial charge in [0.15, 0.2) is 0 Å². The van der Waals surface area contributed by atoms with Crippen molar-refractivity contribution >= 4 is 25.1 Å². The summed E-state index contributed by atoms with van der Waals surface area (Å²) in [7, 11) is 0. The second kappa shape index (κ2) is 5.58. The maximum absolute atomic E-state index is 9.02. The third kappa shape index (κ3) is 3.57. The Labute approximate surface area is 85.2 Å². The standard InChI is InChI=1S/C6H9N2O3.Po/c1-5(9)10-3-2-6-7-4-8-11-6;/h4-5,9H,1-3H2;. The van der Waals surface area contributed by atoms with Gasteiger partial charge in [0.25, 0.3) is 0 Å². The maximum atomic E-state index is 9.02. The molecule has 0 spiro atoms. The van der Waals surface area contributed by atoms with Crippen LogP contribution in [0.15, 0.2) is 10.9 Å². The summed E-state index contributed by atoms with van der Waals surface area (Å²) in [4.78, 5) is 3.80. The monoisotopic (exact) mass is 366 g/mol. The van der Waals surface area contributed by atoms with E-state index in [9.17, 15) is 0 Å². The van der Waals surface area contributed by atoms with E-state index >= 15 is 0 Å². The van der Waals surface area contributed by atoms with Crippen LogP contribution in [0.25, 0.3) is 0 Å². The van der Waals surface area contributed by atoms with E-state index in [0.717, 1.165) is 0 Å². The predicted octanol–water partition coefficient (Wildman–Crippen LogP) is -0.466. The van der Waals surface area contributed by atoms with Crippen molar-refractivity contribution in [3.05, 3.63) is 12.2 Å². The Morgan fingerprint density at radius 3 is 3.17 bits per heavy atom. The average Bonchev–Trinajstić information content (AvgIpc) is 2.57. The number of aromatic nitrogens is 2. The van der Waals surface area contributed by atoms with Gasteiger partial charge < -0.3 is 0 Å². The summed E-state index contributed by atoms with van der Waals surface area (Å²) in [6.45, 7) is 0.413. The quantitative estimate of drug-likeness (QED) is 0.714. The Morgan fingerprint density at radius 2 is 2.58 bits per heavy atom. The minimum absolute atomic E-state index is 0.413. The Kier molecular flexibility index (Phi) is 4.66. The molecule has 0 aliphatic carbocycles. The molecule has 0 saturated heterocycles. The van der Waals surface area contributed by atoms with Crippen LogP contribution >= 0.6 is 0 Å². The Hall–Kier alpha value is -0.0439. The fraction of sp³-hybridized carbons (Fsp3) is 0.667. The van der Waals surface area contributed by atoms with Gasteiger partial charge in [0.05, 0.1) is 0 Å². The molecule has 1 rings (SSSR count). The molecule has 12 heavy (non-hydrogen) atoms. The summed E-state index contributed by atoms with van der Waals surface area (Å²) in [6, 6.07) is 0. The van der Waals surface area contributed by atoms with Crippen molar-refractivity contribution in [2.45, 2.75) is 16.8 Å². The van der Waals surface area contributed by atoms with Crippen LogP contribution in [0.3, 0.4) is 0 Å². The average molecular weight is 366 g/mol. The SMILES string of the molecule is OC([CH2][Po])OCCc1ncno1. The number of nitrogens with zero attached hydrogens (tertiary/aromatic N) is 2. The summed E-state index contributed by atoms with van der Waals surface area (Å²) in [6.07, 6.45) is 1.24. The predicted molar refractivity (Wildman–Crippen MR) is 40.5 cm³/mol. The molecule has 0 fully saturated rings. The van der Waals surface area contributed by atoms with E-state index in [0.29, 0.717) is 23.0 Å². The first-order chi connectivity index (χ1) is 5.83. The van der Waals surface area contributed by atoms with Crippen LogP contribution in [0.2, 0.25) is 4.08 Å². The van der Waals surface area contributed by atoms with Gasteiger partial charge in [-0.1, -0.05) is 0 Å². The molecular weight excluding hydrogens is 357 g/mol. The summed E-state index contributed by atoms with van der Waals surface area (Å²) >= 11 is 1.30. The fourth-order valence-electron chi connectivity index (χ4n) is 0.637. The van der Waals surface area contributed by atoms with Crippen molar-refractivity contribution < 1.29 is 14.4 Å². The summed E-state index contributed by atoms with van der Waals surface area (Å²) in [5.74, 6) is 0.533. The number of hydrogen-bond donors (Lipinski definition) is 1. The third-order valence-electron chi connectivity index (χ3n) is 1.18. The van der Waals surface area contributed by atoms with Crippen LogP contribution in [-0.4, -0.2) is 53.2 Å². The van der Waals surface area contributed by atoms with Gasteiger partial charge in [-0.3, -0.25) is 0 Å². The van der Waals surface area contributed by atoms with E-state index in [1.807, 2.05) is 0 Å². The van der Waals surface area contributed by atoms with Crippen LogP contribution in [-0.2, 0) is 11.2 Å². The van der Waals surface area contributed by atoms with Crippen LogP contribution in [0, 0.1) is 0 Å². The second-order valence-corrected chi connectivity index (χ2v) is 3.37. The number of hydrogen-bond acceptors (Lipinski definition) is 5. The molecule has 1 atom stereocenters.